The maximum Gasteiger partial charge on any atom is 0.191 e. The summed E-state index contributed by atoms with van der Waals surface area (Å²) in [4.78, 5) is 6.78. The van der Waals surface area contributed by atoms with Crippen LogP contribution in [0.5, 0.6) is 0 Å². The second kappa shape index (κ2) is 12.6. The molecule has 2 saturated heterocycles. The van der Waals surface area contributed by atoms with E-state index in [1.807, 2.05) is 6.07 Å². The predicted octanol–water partition coefficient (Wildman–Crippen LogP) is 2.40. The van der Waals surface area contributed by atoms with E-state index in [4.69, 9.17) is 13.9 Å². The van der Waals surface area contributed by atoms with Gasteiger partial charge in [0.1, 0.15) is 5.76 Å². The third-order valence-electron chi connectivity index (χ3n) is 5.01. The Morgan fingerprint density at radius 1 is 1.33 bits per heavy atom. The topological polar surface area (TPSA) is 71.3 Å². The van der Waals surface area contributed by atoms with E-state index in [0.717, 1.165) is 57.3 Å². The number of guanidine groups is 1. The van der Waals surface area contributed by atoms with Crippen LogP contribution in [0.3, 0.4) is 0 Å². The van der Waals surface area contributed by atoms with Crippen LogP contribution in [0.2, 0.25) is 0 Å². The van der Waals surface area contributed by atoms with E-state index in [2.05, 4.69) is 26.6 Å². The van der Waals surface area contributed by atoms with Gasteiger partial charge in [-0.2, -0.15) is 0 Å². The maximum atomic E-state index is 5.68. The Bertz CT molecular complexity index is 529. The molecular weight excluding hydrogens is 459 g/mol. The van der Waals surface area contributed by atoms with Gasteiger partial charge in [0.2, 0.25) is 0 Å². The molecule has 2 atom stereocenters. The molecule has 2 unspecified atom stereocenters. The van der Waals surface area contributed by atoms with Gasteiger partial charge in [0.25, 0.3) is 0 Å². The molecule has 0 radical (unpaired) electrons. The molecule has 8 heteroatoms. The lowest BCUT2D eigenvalue weighted by molar-refractivity contribution is 0.0191. The summed E-state index contributed by atoms with van der Waals surface area (Å²) in [5.74, 6) is 1.80. The standard InChI is InChI=1S/C19H32N4O3.HI/c1-20-19(21-8-13-24-15-16-6-4-11-25-16)22-14-17(18-7-5-12-26-18)23-9-2-3-10-23;/h5,7,12,16-17H,2-4,6,8-11,13-15H2,1H3,(H2,20,21,22);1H. The molecule has 2 aliphatic rings. The van der Waals surface area contributed by atoms with Crippen molar-refractivity contribution in [3.05, 3.63) is 24.2 Å². The van der Waals surface area contributed by atoms with Crippen molar-refractivity contribution in [2.24, 2.45) is 4.99 Å². The van der Waals surface area contributed by atoms with Gasteiger partial charge in [-0.15, -0.1) is 24.0 Å². The number of likely N-dealkylation sites (tertiary alicyclic amines) is 1. The zero-order valence-electron chi connectivity index (χ0n) is 16.2. The normalized spacial score (nSPS) is 21.8. The predicted molar refractivity (Wildman–Crippen MR) is 117 cm³/mol. The second-order valence-corrected chi connectivity index (χ2v) is 6.86. The van der Waals surface area contributed by atoms with E-state index in [0.29, 0.717) is 13.2 Å². The Balaban J connectivity index is 0.00000261. The van der Waals surface area contributed by atoms with E-state index in [1.54, 1.807) is 13.3 Å². The van der Waals surface area contributed by atoms with Crippen molar-refractivity contribution in [3.63, 3.8) is 0 Å². The minimum Gasteiger partial charge on any atom is -0.468 e. The monoisotopic (exact) mass is 492 g/mol. The van der Waals surface area contributed by atoms with Gasteiger partial charge in [-0.05, 0) is 50.9 Å². The zero-order valence-corrected chi connectivity index (χ0v) is 18.5. The number of nitrogens with one attached hydrogen (secondary N) is 2. The van der Waals surface area contributed by atoms with Crippen LogP contribution in [0.25, 0.3) is 0 Å². The van der Waals surface area contributed by atoms with Crippen molar-refractivity contribution in [2.45, 2.75) is 37.8 Å². The lowest BCUT2D eigenvalue weighted by Gasteiger charge is -2.26. The van der Waals surface area contributed by atoms with E-state index < -0.39 is 0 Å². The molecule has 154 valence electrons. The summed E-state index contributed by atoms with van der Waals surface area (Å²) in [6.45, 7) is 5.94. The highest BCUT2D eigenvalue weighted by Crippen LogP contribution is 2.24. The maximum absolute atomic E-state index is 5.68. The Labute approximate surface area is 179 Å². The average molecular weight is 492 g/mol. The number of hydrogen-bond acceptors (Lipinski definition) is 5. The fourth-order valence-electron chi connectivity index (χ4n) is 3.59. The van der Waals surface area contributed by atoms with Crippen LogP contribution in [0.15, 0.2) is 27.8 Å². The summed E-state index contributed by atoms with van der Waals surface area (Å²) in [7, 11) is 1.79. The molecule has 0 aliphatic carbocycles. The van der Waals surface area contributed by atoms with Crippen molar-refractivity contribution < 1.29 is 13.9 Å². The number of halogens is 1. The van der Waals surface area contributed by atoms with Crippen molar-refractivity contribution in [1.29, 1.82) is 0 Å². The fourth-order valence-corrected chi connectivity index (χ4v) is 3.59. The highest BCUT2D eigenvalue weighted by molar-refractivity contribution is 14.0. The number of furan rings is 1. The minimum absolute atomic E-state index is 0. The van der Waals surface area contributed by atoms with Gasteiger partial charge in [0, 0.05) is 26.7 Å². The summed E-state index contributed by atoms with van der Waals surface area (Å²) in [5.41, 5.74) is 0. The molecule has 2 aliphatic heterocycles. The average Bonchev–Trinajstić information content (AvgIpc) is 3.43. The largest absolute Gasteiger partial charge is 0.468 e. The number of aliphatic imine (C=N–C) groups is 1. The van der Waals surface area contributed by atoms with Gasteiger partial charge in [-0.25, -0.2) is 0 Å². The lowest BCUT2D eigenvalue weighted by Crippen LogP contribution is -2.43. The van der Waals surface area contributed by atoms with Gasteiger partial charge < -0.3 is 24.5 Å². The molecular formula is C19H33IN4O3. The third-order valence-corrected chi connectivity index (χ3v) is 5.01. The van der Waals surface area contributed by atoms with Crippen LogP contribution in [-0.4, -0.2) is 70.0 Å². The first kappa shape index (κ1) is 22.4. The highest BCUT2D eigenvalue weighted by atomic mass is 127. The van der Waals surface area contributed by atoms with Crippen molar-refractivity contribution >= 4 is 29.9 Å². The minimum atomic E-state index is 0. The number of nitrogens with zero attached hydrogens (tertiary/aromatic N) is 2. The summed E-state index contributed by atoms with van der Waals surface area (Å²) >= 11 is 0. The van der Waals surface area contributed by atoms with E-state index in [-0.39, 0.29) is 36.1 Å². The van der Waals surface area contributed by atoms with Gasteiger partial charge in [0.05, 0.1) is 31.6 Å². The van der Waals surface area contributed by atoms with Crippen LogP contribution in [0, 0.1) is 0 Å². The lowest BCUT2D eigenvalue weighted by atomic mass is 10.2. The van der Waals surface area contributed by atoms with Gasteiger partial charge in [-0.3, -0.25) is 9.89 Å². The second-order valence-electron chi connectivity index (χ2n) is 6.86. The zero-order chi connectivity index (χ0) is 18.0. The molecule has 0 amide bonds. The molecule has 2 N–H and O–H groups in total. The first-order valence-electron chi connectivity index (χ1n) is 9.78. The molecule has 0 saturated carbocycles. The SMILES string of the molecule is CN=C(NCCOCC1CCCO1)NCC(c1ccco1)N1CCCC1.I. The third kappa shape index (κ3) is 7.24. The van der Waals surface area contributed by atoms with Crippen LogP contribution < -0.4 is 10.6 Å². The van der Waals surface area contributed by atoms with E-state index in [9.17, 15) is 0 Å². The van der Waals surface area contributed by atoms with Crippen molar-refractivity contribution in [2.75, 3.05) is 53.0 Å². The number of ether oxygens (including phenoxy) is 2. The Hall–Kier alpha value is -0.840. The molecule has 3 heterocycles. The molecule has 1 aromatic rings. The molecule has 27 heavy (non-hydrogen) atoms. The van der Waals surface area contributed by atoms with Crippen LogP contribution in [0.1, 0.15) is 37.5 Å². The van der Waals surface area contributed by atoms with Crippen LogP contribution >= 0.6 is 24.0 Å². The molecule has 0 bridgehead atoms. The first-order chi connectivity index (χ1) is 12.9. The van der Waals surface area contributed by atoms with Crippen LogP contribution in [0.4, 0.5) is 0 Å². The number of rotatable bonds is 9. The van der Waals surface area contributed by atoms with Gasteiger partial charge in [0.15, 0.2) is 5.96 Å². The van der Waals surface area contributed by atoms with Gasteiger partial charge in [-0.1, -0.05) is 0 Å². The molecule has 3 rings (SSSR count). The molecule has 0 aromatic carbocycles. The summed E-state index contributed by atoms with van der Waals surface area (Å²) in [6, 6.07) is 4.25. The smallest absolute Gasteiger partial charge is 0.191 e. The van der Waals surface area contributed by atoms with Crippen molar-refractivity contribution in [1.82, 2.24) is 15.5 Å². The van der Waals surface area contributed by atoms with Crippen molar-refractivity contribution in [3.8, 4) is 0 Å². The summed E-state index contributed by atoms with van der Waals surface area (Å²) < 4.78 is 16.9. The Morgan fingerprint density at radius 2 is 2.19 bits per heavy atom. The molecule has 7 nitrogen and oxygen atoms in total. The Morgan fingerprint density at radius 3 is 2.85 bits per heavy atom. The molecule has 2 fully saturated rings. The Kier molecular flexibility index (Phi) is 10.5. The molecule has 1 aromatic heterocycles. The first-order valence-corrected chi connectivity index (χ1v) is 9.78. The summed E-state index contributed by atoms with van der Waals surface area (Å²) in [5, 5.41) is 6.73. The van der Waals surface area contributed by atoms with E-state index >= 15 is 0 Å². The van der Waals surface area contributed by atoms with Crippen LogP contribution in [-0.2, 0) is 9.47 Å². The van der Waals surface area contributed by atoms with E-state index in [1.165, 1.54) is 12.8 Å². The van der Waals surface area contributed by atoms with Gasteiger partial charge >= 0.3 is 0 Å². The number of hydrogen-bond donors (Lipinski definition) is 2. The quantitative estimate of drug-likeness (QED) is 0.239. The fraction of sp³-hybridized carbons (Fsp3) is 0.737. The molecule has 0 spiro atoms. The highest BCUT2D eigenvalue weighted by Gasteiger charge is 2.25. The summed E-state index contributed by atoms with van der Waals surface area (Å²) in [6.07, 6.45) is 6.80.